The van der Waals surface area contributed by atoms with Crippen LogP contribution < -0.4 is 0 Å². The molecule has 0 spiro atoms. The molecule has 72 valence electrons. The summed E-state index contributed by atoms with van der Waals surface area (Å²) in [6, 6.07) is 0. The number of ether oxygens (including phenoxy) is 1. The smallest absolute Gasteiger partial charge is 0.333 e. The van der Waals surface area contributed by atoms with Crippen LogP contribution in [0.15, 0.2) is 17.1 Å². The SMILES string of the molecule is C=C(CCCCN=C=O)C(=O)OC. The molecule has 0 atom stereocenters. The maximum atomic E-state index is 10.8. The molecule has 0 saturated heterocycles. The van der Waals surface area contributed by atoms with Crippen LogP contribution in [-0.4, -0.2) is 25.7 Å². The second kappa shape index (κ2) is 7.25. The van der Waals surface area contributed by atoms with Gasteiger partial charge in [-0.3, -0.25) is 0 Å². The van der Waals surface area contributed by atoms with Crippen molar-refractivity contribution in [2.45, 2.75) is 19.3 Å². The molecule has 0 radical (unpaired) electrons. The minimum atomic E-state index is -0.376. The van der Waals surface area contributed by atoms with Gasteiger partial charge in [0, 0.05) is 5.57 Å². The quantitative estimate of drug-likeness (QED) is 0.204. The number of nitrogens with zero attached hydrogens (tertiary/aromatic N) is 1. The number of rotatable bonds is 6. The van der Waals surface area contributed by atoms with E-state index < -0.39 is 0 Å². The van der Waals surface area contributed by atoms with E-state index in [0.717, 1.165) is 12.8 Å². The number of carbonyl (C=O) groups is 1. The minimum Gasteiger partial charge on any atom is -0.466 e. The Morgan fingerprint density at radius 3 is 2.77 bits per heavy atom. The molecule has 0 aromatic heterocycles. The molecule has 0 amide bonds. The highest BCUT2D eigenvalue weighted by Gasteiger charge is 2.04. The summed E-state index contributed by atoms with van der Waals surface area (Å²) in [5.41, 5.74) is 0.456. The molecular formula is C9H13NO3. The third-order valence-corrected chi connectivity index (χ3v) is 1.54. The van der Waals surface area contributed by atoms with Crippen molar-refractivity contribution < 1.29 is 14.3 Å². The minimum absolute atomic E-state index is 0.376. The Morgan fingerprint density at radius 2 is 2.23 bits per heavy atom. The summed E-state index contributed by atoms with van der Waals surface area (Å²) in [5.74, 6) is -0.376. The molecule has 0 aliphatic heterocycles. The molecule has 0 fully saturated rings. The standard InChI is InChI=1S/C9H13NO3/c1-8(9(12)13-2)5-3-4-6-10-7-11/h1,3-6H2,2H3. The summed E-state index contributed by atoms with van der Waals surface area (Å²) in [7, 11) is 1.32. The molecule has 0 aliphatic rings. The Bertz CT molecular complexity index is 229. The number of unbranched alkanes of at least 4 members (excludes halogenated alkanes) is 1. The lowest BCUT2D eigenvalue weighted by Gasteiger charge is -2.01. The summed E-state index contributed by atoms with van der Waals surface area (Å²) in [6.07, 6.45) is 3.57. The second-order valence-corrected chi connectivity index (χ2v) is 2.53. The fraction of sp³-hybridized carbons (Fsp3) is 0.556. The van der Waals surface area contributed by atoms with Crippen molar-refractivity contribution in [3.05, 3.63) is 12.2 Å². The van der Waals surface area contributed by atoms with E-state index in [1.165, 1.54) is 13.2 Å². The van der Waals surface area contributed by atoms with Gasteiger partial charge in [0.15, 0.2) is 0 Å². The molecule has 0 unspecified atom stereocenters. The Balaban J connectivity index is 3.48. The molecule has 0 rings (SSSR count). The molecule has 0 aliphatic carbocycles. The van der Waals surface area contributed by atoms with Gasteiger partial charge in [0.05, 0.1) is 13.7 Å². The van der Waals surface area contributed by atoms with Gasteiger partial charge in [-0.1, -0.05) is 6.58 Å². The Hall–Kier alpha value is -1.41. The van der Waals surface area contributed by atoms with E-state index in [2.05, 4.69) is 16.3 Å². The van der Waals surface area contributed by atoms with Crippen LogP contribution in [-0.2, 0) is 14.3 Å². The van der Waals surface area contributed by atoms with E-state index in [1.807, 2.05) is 0 Å². The van der Waals surface area contributed by atoms with Gasteiger partial charge in [-0.15, -0.1) is 0 Å². The predicted molar refractivity (Wildman–Crippen MR) is 48.0 cm³/mol. The van der Waals surface area contributed by atoms with Gasteiger partial charge in [0.25, 0.3) is 0 Å². The van der Waals surface area contributed by atoms with Crippen LogP contribution in [0.3, 0.4) is 0 Å². The molecule has 0 heterocycles. The van der Waals surface area contributed by atoms with Gasteiger partial charge in [0.2, 0.25) is 6.08 Å². The summed E-state index contributed by atoms with van der Waals surface area (Å²) < 4.78 is 4.47. The number of methoxy groups -OCH3 is 1. The molecule has 0 N–H and O–H groups in total. The lowest BCUT2D eigenvalue weighted by atomic mass is 10.1. The topological polar surface area (TPSA) is 55.7 Å². The lowest BCUT2D eigenvalue weighted by Crippen LogP contribution is -2.03. The first-order chi connectivity index (χ1) is 6.22. The van der Waals surface area contributed by atoms with Crippen molar-refractivity contribution in [3.8, 4) is 0 Å². The monoisotopic (exact) mass is 183 g/mol. The van der Waals surface area contributed by atoms with E-state index in [0.29, 0.717) is 18.5 Å². The van der Waals surface area contributed by atoms with Gasteiger partial charge in [-0.25, -0.2) is 14.6 Å². The zero-order valence-corrected chi connectivity index (χ0v) is 7.71. The molecule has 0 bridgehead atoms. The number of isocyanates is 1. The van der Waals surface area contributed by atoms with E-state index in [4.69, 9.17) is 0 Å². The zero-order chi connectivity index (χ0) is 10.1. The molecule has 0 aromatic rings. The van der Waals surface area contributed by atoms with Crippen LogP contribution in [0.1, 0.15) is 19.3 Å². The maximum Gasteiger partial charge on any atom is 0.333 e. The van der Waals surface area contributed by atoms with Crippen molar-refractivity contribution in [2.24, 2.45) is 4.99 Å². The van der Waals surface area contributed by atoms with Crippen LogP contribution in [0.25, 0.3) is 0 Å². The third-order valence-electron chi connectivity index (χ3n) is 1.54. The summed E-state index contributed by atoms with van der Waals surface area (Å²) >= 11 is 0. The van der Waals surface area contributed by atoms with Crippen molar-refractivity contribution in [1.82, 2.24) is 0 Å². The van der Waals surface area contributed by atoms with Gasteiger partial charge < -0.3 is 4.74 Å². The fourth-order valence-electron chi connectivity index (χ4n) is 0.821. The summed E-state index contributed by atoms with van der Waals surface area (Å²) in [5, 5.41) is 0. The van der Waals surface area contributed by atoms with Crippen molar-refractivity contribution in [1.29, 1.82) is 0 Å². The molecular weight excluding hydrogens is 170 g/mol. The fourth-order valence-corrected chi connectivity index (χ4v) is 0.821. The molecule has 13 heavy (non-hydrogen) atoms. The van der Waals surface area contributed by atoms with Crippen LogP contribution in [0.5, 0.6) is 0 Å². The molecule has 0 saturated carbocycles. The van der Waals surface area contributed by atoms with E-state index in [-0.39, 0.29) is 5.97 Å². The van der Waals surface area contributed by atoms with E-state index in [9.17, 15) is 9.59 Å². The average Bonchev–Trinajstić information content (AvgIpc) is 2.16. The van der Waals surface area contributed by atoms with Crippen molar-refractivity contribution in [2.75, 3.05) is 13.7 Å². The third kappa shape index (κ3) is 5.82. The number of hydrogen-bond donors (Lipinski definition) is 0. The Kier molecular flexibility index (Phi) is 6.46. The number of carbonyl (C=O) groups excluding carboxylic acids is 2. The zero-order valence-electron chi connectivity index (χ0n) is 7.71. The molecule has 4 heteroatoms. The first-order valence-corrected chi connectivity index (χ1v) is 4.02. The van der Waals surface area contributed by atoms with Crippen molar-refractivity contribution >= 4 is 12.0 Å². The second-order valence-electron chi connectivity index (χ2n) is 2.53. The van der Waals surface area contributed by atoms with Crippen molar-refractivity contribution in [3.63, 3.8) is 0 Å². The van der Waals surface area contributed by atoms with Gasteiger partial charge in [-0.2, -0.15) is 0 Å². The first-order valence-electron chi connectivity index (χ1n) is 4.02. The highest BCUT2D eigenvalue weighted by molar-refractivity contribution is 5.87. The van der Waals surface area contributed by atoms with E-state index >= 15 is 0 Å². The maximum absolute atomic E-state index is 10.8. The average molecular weight is 183 g/mol. The lowest BCUT2D eigenvalue weighted by molar-refractivity contribution is -0.136. The molecule has 0 aromatic carbocycles. The number of esters is 1. The predicted octanol–water partition coefficient (Wildman–Crippen LogP) is 1.22. The van der Waals surface area contributed by atoms with Gasteiger partial charge >= 0.3 is 5.97 Å². The highest BCUT2D eigenvalue weighted by atomic mass is 16.5. The molecule has 4 nitrogen and oxygen atoms in total. The summed E-state index contributed by atoms with van der Waals surface area (Å²) in [6.45, 7) is 4.02. The summed E-state index contributed by atoms with van der Waals surface area (Å²) in [4.78, 5) is 23.9. The van der Waals surface area contributed by atoms with Crippen LogP contribution in [0, 0.1) is 0 Å². The van der Waals surface area contributed by atoms with Gasteiger partial charge in [0.1, 0.15) is 0 Å². The van der Waals surface area contributed by atoms with Gasteiger partial charge in [-0.05, 0) is 19.3 Å². The Labute approximate surface area is 77.3 Å². The number of aliphatic imine (C=N–C) groups is 1. The van der Waals surface area contributed by atoms with Crippen LogP contribution >= 0.6 is 0 Å². The first kappa shape index (κ1) is 11.6. The normalized spacial score (nSPS) is 8.69. The Morgan fingerprint density at radius 1 is 1.54 bits per heavy atom. The van der Waals surface area contributed by atoms with E-state index in [1.54, 1.807) is 0 Å². The van der Waals surface area contributed by atoms with Crippen LogP contribution in [0.2, 0.25) is 0 Å². The highest BCUT2D eigenvalue weighted by Crippen LogP contribution is 2.06. The largest absolute Gasteiger partial charge is 0.466 e. The van der Waals surface area contributed by atoms with Crippen LogP contribution in [0.4, 0.5) is 0 Å². The number of hydrogen-bond acceptors (Lipinski definition) is 4.